The molecule has 0 radical (unpaired) electrons. The zero-order valence-electron chi connectivity index (χ0n) is 14.6. The molecule has 2 aromatic carbocycles. The van der Waals surface area contributed by atoms with Crippen LogP contribution in [0.2, 0.25) is 5.02 Å². The number of carbonyl (C=O) groups is 1. The van der Waals surface area contributed by atoms with Gasteiger partial charge in [-0.2, -0.15) is 9.78 Å². The van der Waals surface area contributed by atoms with Gasteiger partial charge < -0.3 is 10.1 Å². The number of anilines is 1. The van der Waals surface area contributed by atoms with Gasteiger partial charge in [-0.3, -0.25) is 4.79 Å². The molecule has 0 atom stereocenters. The molecule has 9 heteroatoms. The minimum Gasteiger partial charge on any atom is -0.481 e. The lowest BCUT2D eigenvalue weighted by molar-refractivity contribution is -0.118. The summed E-state index contributed by atoms with van der Waals surface area (Å²) in [6.07, 6.45) is 0. The summed E-state index contributed by atoms with van der Waals surface area (Å²) in [5.41, 5.74) is 1.38. The molecule has 2 heterocycles. The monoisotopic (exact) mass is 416 g/mol. The van der Waals surface area contributed by atoms with Crippen molar-refractivity contribution in [3.8, 4) is 10.9 Å². The summed E-state index contributed by atoms with van der Waals surface area (Å²) >= 11 is 7.60. The van der Waals surface area contributed by atoms with Crippen LogP contribution in [0.25, 0.3) is 15.3 Å². The first-order valence-electron chi connectivity index (χ1n) is 8.30. The van der Waals surface area contributed by atoms with Crippen LogP contribution in [0.4, 0.5) is 10.2 Å². The van der Waals surface area contributed by atoms with Gasteiger partial charge in [-0.1, -0.05) is 41.1 Å². The number of nitrogens with one attached hydrogen (secondary N) is 1. The lowest BCUT2D eigenvalue weighted by atomic mass is 10.3. The van der Waals surface area contributed by atoms with E-state index < -0.39 is 11.7 Å². The summed E-state index contributed by atoms with van der Waals surface area (Å²) in [6, 6.07) is 13.2. The minimum atomic E-state index is -0.525. The Balaban J connectivity index is 1.55. The molecule has 142 valence electrons. The van der Waals surface area contributed by atoms with Crippen LogP contribution in [0.1, 0.15) is 5.69 Å². The summed E-state index contributed by atoms with van der Waals surface area (Å²) in [4.78, 5) is 16.8. The first-order chi connectivity index (χ1) is 13.5. The van der Waals surface area contributed by atoms with E-state index in [2.05, 4.69) is 15.4 Å². The predicted molar refractivity (Wildman–Crippen MR) is 107 cm³/mol. The lowest BCUT2D eigenvalue weighted by Gasteiger charge is -2.08. The number of ether oxygens (including phenoxy) is 1. The Morgan fingerprint density at radius 2 is 2.11 bits per heavy atom. The first kappa shape index (κ1) is 18.4. The van der Waals surface area contributed by atoms with Crippen molar-refractivity contribution in [2.45, 2.75) is 6.92 Å². The van der Waals surface area contributed by atoms with Gasteiger partial charge >= 0.3 is 0 Å². The van der Waals surface area contributed by atoms with E-state index in [0.717, 1.165) is 4.70 Å². The van der Waals surface area contributed by atoms with Crippen molar-refractivity contribution in [3.05, 3.63) is 65.1 Å². The molecule has 0 aliphatic carbocycles. The van der Waals surface area contributed by atoms with Crippen molar-refractivity contribution in [2.75, 3.05) is 11.9 Å². The Hall–Kier alpha value is -2.97. The summed E-state index contributed by atoms with van der Waals surface area (Å²) in [5, 5.41) is 8.24. The predicted octanol–water partition coefficient (Wildman–Crippen LogP) is 4.60. The van der Waals surface area contributed by atoms with Gasteiger partial charge in [-0.15, -0.1) is 0 Å². The maximum atomic E-state index is 13.6. The van der Waals surface area contributed by atoms with Crippen LogP contribution < -0.4 is 10.1 Å². The molecule has 0 bridgehead atoms. The number of halogens is 2. The second-order valence-corrected chi connectivity index (χ2v) is 7.35. The normalized spacial score (nSPS) is 11.0. The average molecular weight is 417 g/mol. The molecule has 0 spiro atoms. The van der Waals surface area contributed by atoms with E-state index in [0.29, 0.717) is 27.2 Å². The largest absolute Gasteiger partial charge is 0.481 e. The molecule has 0 fully saturated rings. The second-order valence-electron chi connectivity index (χ2n) is 5.93. The highest BCUT2D eigenvalue weighted by atomic mass is 35.5. The Labute approximate surface area is 168 Å². The van der Waals surface area contributed by atoms with Crippen LogP contribution in [0.15, 0.2) is 48.5 Å². The second kappa shape index (κ2) is 7.57. The third kappa shape index (κ3) is 3.69. The number of carbonyl (C=O) groups excluding carboxylic acids is 1. The highest BCUT2D eigenvalue weighted by molar-refractivity contribution is 7.20. The van der Waals surface area contributed by atoms with Crippen molar-refractivity contribution < 1.29 is 13.9 Å². The Morgan fingerprint density at radius 3 is 2.89 bits per heavy atom. The lowest BCUT2D eigenvalue weighted by Crippen LogP contribution is -2.22. The number of benzene rings is 2. The molecular formula is C19H14ClFN4O2S. The molecule has 2 aromatic heterocycles. The van der Waals surface area contributed by atoms with Crippen LogP contribution in [-0.4, -0.2) is 27.3 Å². The van der Waals surface area contributed by atoms with Crippen molar-refractivity contribution in [1.29, 1.82) is 0 Å². The number of hydrogen-bond donors (Lipinski definition) is 1. The quantitative estimate of drug-likeness (QED) is 0.516. The third-order valence-electron chi connectivity index (χ3n) is 3.83. The molecule has 0 saturated carbocycles. The zero-order chi connectivity index (χ0) is 19.7. The van der Waals surface area contributed by atoms with E-state index in [9.17, 15) is 9.18 Å². The molecule has 0 saturated heterocycles. The summed E-state index contributed by atoms with van der Waals surface area (Å²) in [5.74, 6) is -0.510. The number of amides is 1. The van der Waals surface area contributed by atoms with E-state index in [1.54, 1.807) is 24.3 Å². The third-order valence-corrected chi connectivity index (χ3v) is 5.14. The zero-order valence-corrected chi connectivity index (χ0v) is 16.2. The van der Waals surface area contributed by atoms with Crippen LogP contribution in [0, 0.1) is 12.7 Å². The summed E-state index contributed by atoms with van der Waals surface area (Å²) < 4.78 is 21.3. The molecule has 28 heavy (non-hydrogen) atoms. The molecule has 0 aliphatic rings. The van der Waals surface area contributed by atoms with Crippen LogP contribution in [0.3, 0.4) is 0 Å². The van der Waals surface area contributed by atoms with E-state index in [4.69, 9.17) is 16.3 Å². The highest BCUT2D eigenvalue weighted by Gasteiger charge is 2.16. The molecule has 1 amide bonds. The number of aryl methyl sites for hydroxylation is 1. The summed E-state index contributed by atoms with van der Waals surface area (Å²) in [6.45, 7) is 1.47. The van der Waals surface area contributed by atoms with Crippen LogP contribution in [0.5, 0.6) is 5.75 Å². The van der Waals surface area contributed by atoms with E-state index in [1.165, 1.54) is 28.2 Å². The maximum Gasteiger partial charge on any atom is 0.263 e. The fourth-order valence-corrected chi connectivity index (χ4v) is 3.84. The van der Waals surface area contributed by atoms with Crippen LogP contribution in [-0.2, 0) is 4.79 Å². The fraction of sp³-hybridized carbons (Fsp3) is 0.105. The van der Waals surface area contributed by atoms with Gasteiger partial charge in [0.25, 0.3) is 5.91 Å². The minimum absolute atomic E-state index is 0.0168. The number of aromatic nitrogens is 3. The van der Waals surface area contributed by atoms with Gasteiger partial charge in [-0.25, -0.2) is 9.37 Å². The maximum absolute atomic E-state index is 13.6. The van der Waals surface area contributed by atoms with Crippen molar-refractivity contribution in [2.24, 2.45) is 0 Å². The van der Waals surface area contributed by atoms with Crippen molar-refractivity contribution in [1.82, 2.24) is 14.8 Å². The number of nitrogens with zero attached hydrogens (tertiary/aromatic N) is 3. The molecule has 6 nitrogen and oxygen atoms in total. The standard InChI is InChI=1S/C19H14ClFN4O2S/c1-11-9-16(22-17(26)10-27-14-7-3-2-6-13(14)21)25(24-11)19-23-18-12(20)5-4-8-15(18)28-19/h2-9H,10H2,1H3,(H,22,26). The summed E-state index contributed by atoms with van der Waals surface area (Å²) in [7, 11) is 0. The highest BCUT2D eigenvalue weighted by Crippen LogP contribution is 2.31. The Morgan fingerprint density at radius 1 is 1.29 bits per heavy atom. The number of hydrogen-bond acceptors (Lipinski definition) is 5. The SMILES string of the molecule is Cc1cc(NC(=O)COc2ccccc2F)n(-c2nc3c(Cl)cccc3s2)n1. The molecule has 0 aliphatic heterocycles. The number of fused-ring (bicyclic) bond motifs is 1. The molecule has 4 aromatic rings. The molecular weight excluding hydrogens is 403 g/mol. The van der Waals surface area contributed by atoms with E-state index in [1.807, 2.05) is 19.1 Å². The van der Waals surface area contributed by atoms with E-state index >= 15 is 0 Å². The number of thiazole rings is 1. The van der Waals surface area contributed by atoms with Crippen molar-refractivity contribution >= 4 is 44.9 Å². The van der Waals surface area contributed by atoms with Gasteiger partial charge in [0, 0.05) is 6.07 Å². The van der Waals surface area contributed by atoms with Gasteiger partial charge in [0.2, 0.25) is 5.13 Å². The van der Waals surface area contributed by atoms with E-state index in [-0.39, 0.29) is 12.4 Å². The van der Waals surface area contributed by atoms with Crippen LogP contribution >= 0.6 is 22.9 Å². The smallest absolute Gasteiger partial charge is 0.263 e. The Kier molecular flexibility index (Phi) is 4.97. The molecule has 1 N–H and O–H groups in total. The van der Waals surface area contributed by atoms with Crippen molar-refractivity contribution in [3.63, 3.8) is 0 Å². The number of rotatable bonds is 5. The average Bonchev–Trinajstić information content (AvgIpc) is 3.25. The van der Waals surface area contributed by atoms with Gasteiger partial charge in [-0.05, 0) is 31.2 Å². The van der Waals surface area contributed by atoms with Gasteiger partial charge in [0.05, 0.1) is 15.4 Å². The Bertz CT molecular complexity index is 1170. The molecule has 0 unspecified atom stereocenters. The number of para-hydroxylation sites is 2. The first-order valence-corrected chi connectivity index (χ1v) is 9.50. The fourth-order valence-electron chi connectivity index (χ4n) is 2.61. The van der Waals surface area contributed by atoms with Gasteiger partial charge in [0.15, 0.2) is 18.2 Å². The van der Waals surface area contributed by atoms with Gasteiger partial charge in [0.1, 0.15) is 11.3 Å². The molecule has 4 rings (SSSR count). The topological polar surface area (TPSA) is 69.0 Å².